The van der Waals surface area contributed by atoms with Crippen LogP contribution >= 0.6 is 11.6 Å². The lowest BCUT2D eigenvalue weighted by Crippen LogP contribution is -2.62. The molecule has 8 nitrogen and oxygen atoms in total. The number of amides is 2. The highest BCUT2D eigenvalue weighted by Gasteiger charge is 2.40. The van der Waals surface area contributed by atoms with Gasteiger partial charge in [0.15, 0.2) is 11.5 Å². The largest absolute Gasteiger partial charge is 0.493 e. The molecule has 1 saturated heterocycles. The lowest BCUT2D eigenvalue weighted by Gasteiger charge is -2.47. The van der Waals surface area contributed by atoms with Crippen molar-refractivity contribution in [2.75, 3.05) is 33.2 Å². The van der Waals surface area contributed by atoms with Crippen molar-refractivity contribution in [2.45, 2.75) is 50.7 Å². The number of nitrogens with zero attached hydrogens (tertiary/aromatic N) is 1. The van der Waals surface area contributed by atoms with Crippen LogP contribution in [-0.4, -0.2) is 67.3 Å². The van der Waals surface area contributed by atoms with E-state index in [0.717, 1.165) is 24.9 Å². The van der Waals surface area contributed by atoms with Gasteiger partial charge in [-0.05, 0) is 42.0 Å². The van der Waals surface area contributed by atoms with Gasteiger partial charge in [0, 0.05) is 31.4 Å². The fourth-order valence-corrected chi connectivity index (χ4v) is 4.99. The van der Waals surface area contributed by atoms with Crippen LogP contribution in [0.3, 0.4) is 0 Å². The van der Waals surface area contributed by atoms with Gasteiger partial charge >= 0.3 is 6.09 Å². The topological polar surface area (TPSA) is 100 Å². The van der Waals surface area contributed by atoms with E-state index >= 15 is 0 Å². The second kappa shape index (κ2) is 10.4. The number of carbonyl (C=O) groups excluding carboxylic acids is 1. The molecule has 0 spiro atoms. The van der Waals surface area contributed by atoms with E-state index in [4.69, 9.17) is 21.1 Å². The monoisotopic (exact) mass is 453 g/mol. The number of fused-ring (bicyclic) bond motifs is 3. The van der Waals surface area contributed by atoms with Crippen molar-refractivity contribution in [3.8, 4) is 11.5 Å². The van der Waals surface area contributed by atoms with Gasteiger partial charge in [0.1, 0.15) is 0 Å². The van der Waals surface area contributed by atoms with Crippen molar-refractivity contribution >= 4 is 23.6 Å². The van der Waals surface area contributed by atoms with E-state index in [-0.39, 0.29) is 23.9 Å². The third-order valence-corrected chi connectivity index (χ3v) is 6.87. The van der Waals surface area contributed by atoms with Gasteiger partial charge in [-0.1, -0.05) is 13.3 Å². The van der Waals surface area contributed by atoms with Gasteiger partial charge in [-0.2, -0.15) is 0 Å². The first-order valence-electron chi connectivity index (χ1n) is 10.7. The van der Waals surface area contributed by atoms with E-state index < -0.39 is 12.1 Å². The van der Waals surface area contributed by atoms with Crippen molar-refractivity contribution in [1.82, 2.24) is 15.5 Å². The van der Waals surface area contributed by atoms with E-state index in [2.05, 4.69) is 15.5 Å². The van der Waals surface area contributed by atoms with Gasteiger partial charge in [-0.15, -0.1) is 11.6 Å². The van der Waals surface area contributed by atoms with Crippen LogP contribution in [0.15, 0.2) is 12.1 Å². The molecule has 0 bridgehead atoms. The number of carbonyl (C=O) groups is 2. The van der Waals surface area contributed by atoms with Crippen molar-refractivity contribution in [3.05, 3.63) is 23.3 Å². The summed E-state index contributed by atoms with van der Waals surface area (Å²) in [6, 6.07) is 3.36. The van der Waals surface area contributed by atoms with Gasteiger partial charge in [0.05, 0.1) is 26.3 Å². The molecule has 1 aromatic rings. The number of halogens is 1. The number of nitrogens with one attached hydrogen (secondary N) is 2. The van der Waals surface area contributed by atoms with Gasteiger partial charge < -0.3 is 25.2 Å². The molecule has 4 unspecified atom stereocenters. The zero-order valence-corrected chi connectivity index (χ0v) is 19.1. The molecular formula is C22H32ClN3O5. The maximum Gasteiger partial charge on any atom is 0.404 e. The molecule has 4 atom stereocenters. The van der Waals surface area contributed by atoms with E-state index in [9.17, 15) is 14.7 Å². The van der Waals surface area contributed by atoms with Crippen LogP contribution < -0.4 is 20.1 Å². The first-order chi connectivity index (χ1) is 14.9. The van der Waals surface area contributed by atoms with Crippen LogP contribution in [0.2, 0.25) is 0 Å². The summed E-state index contributed by atoms with van der Waals surface area (Å²) in [6.45, 7) is 3.42. The van der Waals surface area contributed by atoms with E-state index in [1.165, 1.54) is 5.56 Å². The number of alkyl halides is 1. The number of hydrogen-bond donors (Lipinski definition) is 3. The van der Waals surface area contributed by atoms with Crippen molar-refractivity contribution in [2.24, 2.45) is 5.92 Å². The van der Waals surface area contributed by atoms with Crippen molar-refractivity contribution < 1.29 is 24.2 Å². The average molecular weight is 454 g/mol. The zero-order chi connectivity index (χ0) is 22.5. The average Bonchev–Trinajstić information content (AvgIpc) is 2.76. The van der Waals surface area contributed by atoms with Crippen LogP contribution in [-0.2, 0) is 11.2 Å². The maximum atomic E-state index is 12.6. The minimum Gasteiger partial charge on any atom is -0.493 e. The van der Waals surface area contributed by atoms with Gasteiger partial charge in [-0.3, -0.25) is 9.69 Å². The standard InChI is InChI=1S/C22H32ClN3O5/c1-4-13(11-23)7-21(27)24-17-12-26-6-5-14-8-19(30-2)20(31-3)9-15(14)18(26)10-16(17)25-22(28)29/h8-9,13,16-18,25H,4-7,10-12H2,1-3H3,(H,24,27)(H,28,29). The van der Waals surface area contributed by atoms with Crippen LogP contribution in [0.4, 0.5) is 4.79 Å². The normalized spacial score (nSPS) is 23.8. The number of benzene rings is 1. The fourth-order valence-electron chi connectivity index (χ4n) is 4.66. The van der Waals surface area contributed by atoms with Gasteiger partial charge in [0.2, 0.25) is 5.91 Å². The molecule has 3 N–H and O–H groups in total. The lowest BCUT2D eigenvalue weighted by atomic mass is 9.82. The number of rotatable bonds is 8. The Balaban J connectivity index is 1.81. The molecule has 0 aromatic heterocycles. The van der Waals surface area contributed by atoms with Crippen molar-refractivity contribution in [3.63, 3.8) is 0 Å². The van der Waals surface area contributed by atoms with E-state index in [1.807, 2.05) is 19.1 Å². The Morgan fingerprint density at radius 1 is 1.23 bits per heavy atom. The summed E-state index contributed by atoms with van der Waals surface area (Å²) in [5.74, 6) is 1.82. The fraction of sp³-hybridized carbons (Fsp3) is 0.636. The van der Waals surface area contributed by atoms with Crippen LogP contribution in [0.5, 0.6) is 11.5 Å². The summed E-state index contributed by atoms with van der Waals surface area (Å²) in [7, 11) is 3.23. The molecule has 0 aliphatic carbocycles. The third-order valence-electron chi connectivity index (χ3n) is 6.43. The molecule has 3 rings (SSSR count). The number of hydrogen-bond acceptors (Lipinski definition) is 5. The minimum atomic E-state index is -1.09. The van der Waals surface area contributed by atoms with E-state index in [0.29, 0.717) is 36.8 Å². The molecule has 0 saturated carbocycles. The molecule has 0 radical (unpaired) electrons. The first-order valence-corrected chi connectivity index (χ1v) is 11.3. The highest BCUT2D eigenvalue weighted by Crippen LogP contribution is 2.41. The number of methoxy groups -OCH3 is 2. The molecule has 31 heavy (non-hydrogen) atoms. The molecule has 172 valence electrons. The van der Waals surface area contributed by atoms with Crippen LogP contribution in [0.1, 0.15) is 43.4 Å². The highest BCUT2D eigenvalue weighted by atomic mass is 35.5. The smallest absolute Gasteiger partial charge is 0.404 e. The Hall–Kier alpha value is -2.19. The number of piperidine rings is 1. The van der Waals surface area contributed by atoms with Gasteiger partial charge in [0.25, 0.3) is 0 Å². The summed E-state index contributed by atoms with van der Waals surface area (Å²) in [5.41, 5.74) is 2.31. The summed E-state index contributed by atoms with van der Waals surface area (Å²) < 4.78 is 10.9. The molecule has 1 aromatic carbocycles. The molecule has 2 aliphatic rings. The predicted octanol–water partition coefficient (Wildman–Crippen LogP) is 2.78. The Labute approximate surface area is 188 Å². The summed E-state index contributed by atoms with van der Waals surface area (Å²) >= 11 is 5.94. The van der Waals surface area contributed by atoms with Crippen molar-refractivity contribution in [1.29, 1.82) is 0 Å². The number of carboxylic acid groups (broad SMARTS) is 1. The van der Waals surface area contributed by atoms with E-state index in [1.54, 1.807) is 14.2 Å². The quantitative estimate of drug-likeness (QED) is 0.523. The zero-order valence-electron chi connectivity index (χ0n) is 18.3. The Morgan fingerprint density at radius 3 is 2.55 bits per heavy atom. The summed E-state index contributed by atoms with van der Waals surface area (Å²) in [4.78, 5) is 26.4. The number of ether oxygens (including phenoxy) is 2. The molecule has 2 aliphatic heterocycles. The summed E-state index contributed by atoms with van der Waals surface area (Å²) in [6.07, 6.45) is 1.50. The first kappa shape index (κ1) is 23.5. The Bertz CT molecular complexity index is 802. The second-order valence-electron chi connectivity index (χ2n) is 8.27. The SMILES string of the molecule is CCC(CCl)CC(=O)NC1CN2CCc3cc(OC)c(OC)cc3C2CC1NC(=O)O. The lowest BCUT2D eigenvalue weighted by molar-refractivity contribution is -0.123. The summed E-state index contributed by atoms with van der Waals surface area (Å²) in [5, 5.41) is 15.1. The molecule has 1 fully saturated rings. The third kappa shape index (κ3) is 5.36. The Morgan fingerprint density at radius 2 is 1.94 bits per heavy atom. The Kier molecular flexibility index (Phi) is 7.89. The maximum absolute atomic E-state index is 12.6. The van der Waals surface area contributed by atoms with Gasteiger partial charge in [-0.25, -0.2) is 4.79 Å². The molecule has 9 heteroatoms. The van der Waals surface area contributed by atoms with Crippen LogP contribution in [0, 0.1) is 5.92 Å². The highest BCUT2D eigenvalue weighted by molar-refractivity contribution is 6.18. The van der Waals surface area contributed by atoms with Crippen LogP contribution in [0.25, 0.3) is 0 Å². The molecule has 2 heterocycles. The minimum absolute atomic E-state index is 0.0415. The second-order valence-corrected chi connectivity index (χ2v) is 8.57. The molecule has 2 amide bonds. The predicted molar refractivity (Wildman–Crippen MR) is 118 cm³/mol. The molecular weight excluding hydrogens is 422 g/mol.